The summed E-state index contributed by atoms with van der Waals surface area (Å²) in [6.45, 7) is -0.270. The first-order valence-corrected chi connectivity index (χ1v) is 13.1. The number of anilines is 1. The number of rotatable bonds is 5. The number of hydrogen-bond donors (Lipinski definition) is 3. The summed E-state index contributed by atoms with van der Waals surface area (Å²) >= 11 is 0. The molecule has 3 aliphatic rings. The second-order valence-electron chi connectivity index (χ2n) is 10.5. The number of carbonyl (C=O) groups excluding carboxylic acids is 4. The van der Waals surface area contributed by atoms with Gasteiger partial charge < -0.3 is 21.3 Å². The third kappa shape index (κ3) is 5.43. The highest BCUT2D eigenvalue weighted by Gasteiger charge is 2.41. The number of carbonyl (C=O) groups is 4. The molecule has 4 N–H and O–H groups in total. The van der Waals surface area contributed by atoms with Crippen molar-refractivity contribution in [3.63, 3.8) is 0 Å². The quantitative estimate of drug-likeness (QED) is 0.539. The van der Waals surface area contributed by atoms with Crippen molar-refractivity contribution in [1.29, 1.82) is 0 Å². The van der Waals surface area contributed by atoms with Crippen molar-refractivity contribution >= 4 is 29.6 Å². The maximum absolute atomic E-state index is 14.8. The molecule has 0 bridgehead atoms. The minimum absolute atomic E-state index is 0.0180. The number of amides is 6. The van der Waals surface area contributed by atoms with Gasteiger partial charge in [-0.1, -0.05) is 6.07 Å². The number of hydrogen-bond acceptors (Lipinski definition) is 4. The minimum atomic E-state index is -1.06. The Morgan fingerprint density at radius 1 is 1.00 bits per heavy atom. The topological polar surface area (TPSA) is 125 Å². The van der Waals surface area contributed by atoms with Crippen LogP contribution in [0.25, 0.3) is 0 Å². The zero-order chi connectivity index (χ0) is 27.8. The first-order chi connectivity index (χ1) is 18.7. The fourth-order valence-corrected chi connectivity index (χ4v) is 5.83. The molecule has 39 heavy (non-hydrogen) atoms. The van der Waals surface area contributed by atoms with Gasteiger partial charge in [-0.15, -0.1) is 0 Å². The molecule has 2 aliphatic carbocycles. The predicted octanol–water partition coefficient (Wildman–Crippen LogP) is 3.41. The Bertz CT molecular complexity index is 1350. The standard InChI is InChI=1S/C28H31F2N5O4/c1-32-28(39)33-23-11-17-5-8-20(21(17)12-22(23)30)26(37)35(27(31)38)14-25(36)34-13-18-4-7-19(29)10-16(18)6-9-24(34)15-2-3-15/h4,7,10-12,15,20,24H,2-3,5-6,8-9,13-14H2,1H3,(H2,31,38)(H2,32,33,39)/t20-,24-/m0/s1. The van der Waals surface area contributed by atoms with Crippen molar-refractivity contribution < 1.29 is 28.0 Å². The van der Waals surface area contributed by atoms with E-state index >= 15 is 0 Å². The molecule has 1 saturated carbocycles. The van der Waals surface area contributed by atoms with Gasteiger partial charge in [0.05, 0.1) is 11.6 Å². The van der Waals surface area contributed by atoms with E-state index in [0.29, 0.717) is 42.7 Å². The molecule has 2 aromatic carbocycles. The van der Waals surface area contributed by atoms with Gasteiger partial charge >= 0.3 is 12.1 Å². The van der Waals surface area contributed by atoms with Crippen molar-refractivity contribution in [2.24, 2.45) is 11.7 Å². The van der Waals surface area contributed by atoms with Crippen LogP contribution in [-0.2, 0) is 29.0 Å². The van der Waals surface area contributed by atoms with E-state index in [1.807, 2.05) is 0 Å². The number of halogens is 2. The second kappa shape index (κ2) is 10.6. The van der Waals surface area contributed by atoms with Crippen LogP contribution in [0.3, 0.4) is 0 Å². The molecular formula is C28H31F2N5O4. The molecule has 2 atom stereocenters. The third-order valence-corrected chi connectivity index (χ3v) is 8.01. The van der Waals surface area contributed by atoms with Crippen LogP contribution in [0.15, 0.2) is 30.3 Å². The number of aryl methyl sites for hydroxylation is 2. The van der Waals surface area contributed by atoms with Crippen LogP contribution >= 0.6 is 0 Å². The number of nitrogens with one attached hydrogen (secondary N) is 2. The molecule has 0 radical (unpaired) electrons. The van der Waals surface area contributed by atoms with Crippen molar-refractivity contribution in [2.75, 3.05) is 18.9 Å². The molecule has 2 aromatic rings. The van der Waals surface area contributed by atoms with Gasteiger partial charge in [0, 0.05) is 19.6 Å². The summed E-state index contributed by atoms with van der Waals surface area (Å²) in [6, 6.07) is 5.49. The minimum Gasteiger partial charge on any atom is -0.351 e. The van der Waals surface area contributed by atoms with E-state index in [-0.39, 0.29) is 24.1 Å². The van der Waals surface area contributed by atoms with Gasteiger partial charge in [-0.05, 0) is 91.0 Å². The molecule has 1 heterocycles. The van der Waals surface area contributed by atoms with E-state index in [2.05, 4.69) is 10.6 Å². The van der Waals surface area contributed by atoms with Gasteiger partial charge in [-0.3, -0.25) is 14.5 Å². The molecule has 9 nitrogen and oxygen atoms in total. The fraction of sp³-hybridized carbons (Fsp3) is 0.429. The number of primary amides is 1. The lowest BCUT2D eigenvalue weighted by Gasteiger charge is -2.32. The van der Waals surface area contributed by atoms with Crippen LogP contribution < -0.4 is 16.4 Å². The molecule has 0 aromatic heterocycles. The number of fused-ring (bicyclic) bond motifs is 2. The highest BCUT2D eigenvalue weighted by atomic mass is 19.1. The molecular weight excluding hydrogens is 508 g/mol. The van der Waals surface area contributed by atoms with E-state index in [1.165, 1.54) is 31.3 Å². The molecule has 6 amide bonds. The molecule has 1 aliphatic heterocycles. The Hall–Kier alpha value is -4.02. The van der Waals surface area contributed by atoms with E-state index < -0.39 is 42.2 Å². The zero-order valence-corrected chi connectivity index (χ0v) is 21.6. The molecule has 11 heteroatoms. The average Bonchev–Trinajstić information content (AvgIpc) is 3.69. The largest absolute Gasteiger partial charge is 0.351 e. The lowest BCUT2D eigenvalue weighted by molar-refractivity contribution is -0.141. The Labute approximate surface area is 224 Å². The normalized spacial score (nSPS) is 19.9. The van der Waals surface area contributed by atoms with Crippen molar-refractivity contribution in [3.05, 3.63) is 64.2 Å². The van der Waals surface area contributed by atoms with Crippen molar-refractivity contribution in [3.8, 4) is 0 Å². The Morgan fingerprint density at radius 3 is 2.44 bits per heavy atom. The number of urea groups is 2. The smallest absolute Gasteiger partial charge is 0.321 e. The first-order valence-electron chi connectivity index (χ1n) is 13.1. The number of nitrogens with zero attached hydrogens (tertiary/aromatic N) is 2. The average molecular weight is 540 g/mol. The molecule has 0 spiro atoms. The second-order valence-corrected chi connectivity index (χ2v) is 10.5. The van der Waals surface area contributed by atoms with Crippen LogP contribution in [0.5, 0.6) is 0 Å². The van der Waals surface area contributed by atoms with Gasteiger partial charge in [0.25, 0.3) is 0 Å². The molecule has 5 rings (SSSR count). The number of benzene rings is 2. The lowest BCUT2D eigenvalue weighted by atomic mass is 9.99. The van der Waals surface area contributed by atoms with E-state index in [0.717, 1.165) is 28.9 Å². The van der Waals surface area contributed by atoms with Gasteiger partial charge in [-0.25, -0.2) is 18.4 Å². The van der Waals surface area contributed by atoms with E-state index in [1.54, 1.807) is 11.0 Å². The van der Waals surface area contributed by atoms with Crippen molar-refractivity contribution in [2.45, 2.75) is 57.0 Å². The molecule has 1 fully saturated rings. The van der Waals surface area contributed by atoms with Gasteiger partial charge in [0.15, 0.2) is 0 Å². The molecule has 206 valence electrons. The Balaban J connectivity index is 1.36. The van der Waals surface area contributed by atoms with Crippen LogP contribution in [0.1, 0.15) is 53.9 Å². The summed E-state index contributed by atoms with van der Waals surface area (Å²) in [7, 11) is 1.41. The van der Waals surface area contributed by atoms with Gasteiger partial charge in [0.2, 0.25) is 11.8 Å². The van der Waals surface area contributed by atoms with Crippen LogP contribution in [0.4, 0.5) is 24.1 Å². The first kappa shape index (κ1) is 26.6. The Morgan fingerprint density at radius 2 is 1.74 bits per heavy atom. The lowest BCUT2D eigenvalue weighted by Crippen LogP contribution is -2.51. The van der Waals surface area contributed by atoms with E-state index in [4.69, 9.17) is 5.73 Å². The number of nitrogens with two attached hydrogens (primary N) is 1. The summed E-state index contributed by atoms with van der Waals surface area (Å²) < 4.78 is 28.6. The summed E-state index contributed by atoms with van der Waals surface area (Å²) in [5.74, 6) is -2.64. The maximum Gasteiger partial charge on any atom is 0.321 e. The summed E-state index contributed by atoms with van der Waals surface area (Å²) in [6.07, 6.45) is 4.01. The van der Waals surface area contributed by atoms with E-state index in [9.17, 15) is 28.0 Å². The molecule has 0 saturated heterocycles. The SMILES string of the molecule is CNC(=O)Nc1cc2c(cc1F)[C@@H](C(=O)N(CC(=O)N1Cc3ccc(F)cc3CC[C@H]1C1CC1)C(N)=O)CC2. The highest BCUT2D eigenvalue weighted by Crippen LogP contribution is 2.40. The third-order valence-electron chi connectivity index (χ3n) is 8.01. The highest BCUT2D eigenvalue weighted by molar-refractivity contribution is 6.01. The summed E-state index contributed by atoms with van der Waals surface area (Å²) in [5, 5.41) is 4.76. The monoisotopic (exact) mass is 539 g/mol. The van der Waals surface area contributed by atoms with Crippen molar-refractivity contribution in [1.82, 2.24) is 15.1 Å². The van der Waals surface area contributed by atoms with Gasteiger partial charge in [-0.2, -0.15) is 0 Å². The fourth-order valence-electron chi connectivity index (χ4n) is 5.83. The van der Waals surface area contributed by atoms with Crippen LogP contribution in [0.2, 0.25) is 0 Å². The maximum atomic E-state index is 14.8. The zero-order valence-electron chi connectivity index (χ0n) is 21.6. The van der Waals surface area contributed by atoms with Crippen LogP contribution in [-0.4, -0.2) is 53.3 Å². The summed E-state index contributed by atoms with van der Waals surface area (Å²) in [5.41, 5.74) is 8.33. The van der Waals surface area contributed by atoms with Crippen LogP contribution in [0, 0.1) is 17.6 Å². The number of imide groups is 1. The molecule has 0 unspecified atom stereocenters. The Kier molecular flexibility index (Phi) is 7.24. The predicted molar refractivity (Wildman–Crippen MR) is 139 cm³/mol. The van der Waals surface area contributed by atoms with Gasteiger partial charge in [0.1, 0.15) is 18.2 Å². The summed E-state index contributed by atoms with van der Waals surface area (Å²) in [4.78, 5) is 53.6.